The highest BCUT2D eigenvalue weighted by molar-refractivity contribution is 5.94. The van der Waals surface area contributed by atoms with E-state index in [1.165, 1.54) is 20.2 Å². The molecular formula is C12H15N3O6. The number of hydrogen-bond donors (Lipinski definition) is 2. The second kappa shape index (κ2) is 7.17. The van der Waals surface area contributed by atoms with Crippen molar-refractivity contribution in [2.45, 2.75) is 18.9 Å². The number of carboxylic acids is 1. The zero-order valence-corrected chi connectivity index (χ0v) is 11.5. The molecule has 0 saturated carbocycles. The lowest BCUT2D eigenvalue weighted by molar-refractivity contribution is -0.142. The summed E-state index contributed by atoms with van der Waals surface area (Å²) in [6.07, 6.45) is -0.256. The number of methoxy groups -OCH3 is 1. The first-order valence-corrected chi connectivity index (χ1v) is 6.00. The first-order chi connectivity index (χ1) is 9.85. The number of nitrogens with one attached hydrogen (secondary N) is 1. The Labute approximate surface area is 119 Å². The van der Waals surface area contributed by atoms with E-state index >= 15 is 0 Å². The minimum atomic E-state index is -1.28. The van der Waals surface area contributed by atoms with Gasteiger partial charge in [0, 0.05) is 19.5 Å². The third kappa shape index (κ3) is 4.71. The van der Waals surface area contributed by atoms with Crippen LogP contribution in [0.3, 0.4) is 0 Å². The third-order valence-corrected chi connectivity index (χ3v) is 2.66. The number of carbonyl (C=O) groups is 3. The van der Waals surface area contributed by atoms with Gasteiger partial charge >= 0.3 is 11.9 Å². The zero-order chi connectivity index (χ0) is 16.0. The number of aliphatic carboxylic acids is 1. The van der Waals surface area contributed by atoms with Crippen LogP contribution >= 0.6 is 0 Å². The van der Waals surface area contributed by atoms with Gasteiger partial charge in [-0.15, -0.1) is 0 Å². The van der Waals surface area contributed by atoms with Crippen molar-refractivity contribution in [3.05, 3.63) is 28.2 Å². The van der Waals surface area contributed by atoms with E-state index < -0.39 is 29.4 Å². The van der Waals surface area contributed by atoms with Crippen LogP contribution in [-0.2, 0) is 21.4 Å². The molecule has 0 aliphatic heterocycles. The Morgan fingerprint density at radius 1 is 1.43 bits per heavy atom. The maximum absolute atomic E-state index is 11.9. The van der Waals surface area contributed by atoms with Gasteiger partial charge in [-0.2, -0.15) is 5.10 Å². The molecule has 1 aromatic rings. The zero-order valence-electron chi connectivity index (χ0n) is 11.5. The second-order valence-corrected chi connectivity index (χ2v) is 4.16. The smallest absolute Gasteiger partial charge is 0.326 e. The molecule has 0 bridgehead atoms. The normalized spacial score (nSPS) is 11.5. The highest BCUT2D eigenvalue weighted by atomic mass is 16.5. The number of rotatable bonds is 6. The Morgan fingerprint density at radius 3 is 2.62 bits per heavy atom. The molecule has 1 atom stereocenters. The summed E-state index contributed by atoms with van der Waals surface area (Å²) in [5.41, 5.74) is -0.492. The van der Waals surface area contributed by atoms with Crippen molar-refractivity contribution in [2.24, 2.45) is 7.05 Å². The Hall–Kier alpha value is -2.71. The summed E-state index contributed by atoms with van der Waals surface area (Å²) in [5.74, 6) is -2.60. The number of aryl methyl sites for hydroxylation is 1. The van der Waals surface area contributed by atoms with Crippen LogP contribution in [0, 0.1) is 0 Å². The molecule has 0 radical (unpaired) electrons. The SMILES string of the molecule is COC(=O)CC[C@@H](NC(=O)c1ccc(=O)n(C)n1)C(=O)O. The van der Waals surface area contributed by atoms with Crippen molar-refractivity contribution < 1.29 is 24.2 Å². The first kappa shape index (κ1) is 16.3. The minimum absolute atomic E-state index is 0.0959. The molecule has 0 fully saturated rings. The molecule has 1 aromatic heterocycles. The molecule has 0 saturated heterocycles. The van der Waals surface area contributed by atoms with Crippen LogP contribution in [-0.4, -0.2) is 45.9 Å². The number of carboxylic acid groups (broad SMARTS) is 1. The summed E-state index contributed by atoms with van der Waals surface area (Å²) in [6.45, 7) is 0. The lowest BCUT2D eigenvalue weighted by atomic mass is 10.1. The second-order valence-electron chi connectivity index (χ2n) is 4.16. The van der Waals surface area contributed by atoms with Gasteiger partial charge in [0.1, 0.15) is 11.7 Å². The standard InChI is InChI=1S/C12H15N3O6/c1-15-9(16)5-3-7(14-15)11(18)13-8(12(19)20)4-6-10(17)21-2/h3,5,8H,4,6H2,1-2H3,(H,13,18)(H,19,20)/t8-/m1/s1. The topological polar surface area (TPSA) is 128 Å². The van der Waals surface area contributed by atoms with Crippen LogP contribution in [0.4, 0.5) is 0 Å². The van der Waals surface area contributed by atoms with E-state index in [0.717, 1.165) is 10.7 Å². The number of aromatic nitrogens is 2. The summed E-state index contributed by atoms with van der Waals surface area (Å²) in [4.78, 5) is 45.1. The molecule has 1 amide bonds. The monoisotopic (exact) mass is 297 g/mol. The Balaban J connectivity index is 2.76. The molecule has 9 heteroatoms. The predicted octanol–water partition coefficient (Wildman–Crippen LogP) is -1.08. The van der Waals surface area contributed by atoms with Gasteiger partial charge in [0.2, 0.25) is 0 Å². The van der Waals surface area contributed by atoms with E-state index in [0.29, 0.717) is 0 Å². The van der Waals surface area contributed by atoms with Crippen molar-refractivity contribution in [2.75, 3.05) is 7.11 Å². The molecule has 0 aliphatic rings. The molecule has 0 aliphatic carbocycles. The maximum Gasteiger partial charge on any atom is 0.326 e. The summed E-state index contributed by atoms with van der Waals surface area (Å²) in [6, 6.07) is 1.08. The highest BCUT2D eigenvalue weighted by Crippen LogP contribution is 2.01. The van der Waals surface area contributed by atoms with Crippen LogP contribution in [0.1, 0.15) is 23.3 Å². The lowest BCUT2D eigenvalue weighted by Gasteiger charge is -2.13. The largest absolute Gasteiger partial charge is 0.480 e. The molecule has 9 nitrogen and oxygen atoms in total. The number of carbonyl (C=O) groups excluding carboxylic acids is 2. The fraction of sp³-hybridized carbons (Fsp3) is 0.417. The van der Waals surface area contributed by atoms with Crippen molar-refractivity contribution >= 4 is 17.8 Å². The van der Waals surface area contributed by atoms with Crippen LogP contribution in [0.15, 0.2) is 16.9 Å². The number of esters is 1. The first-order valence-electron chi connectivity index (χ1n) is 6.00. The van der Waals surface area contributed by atoms with E-state index in [2.05, 4.69) is 15.2 Å². The Morgan fingerprint density at radius 2 is 2.10 bits per heavy atom. The molecule has 0 aromatic carbocycles. The van der Waals surface area contributed by atoms with Gasteiger partial charge in [-0.3, -0.25) is 14.4 Å². The molecular weight excluding hydrogens is 282 g/mol. The van der Waals surface area contributed by atoms with Gasteiger partial charge in [0.25, 0.3) is 11.5 Å². The third-order valence-electron chi connectivity index (χ3n) is 2.66. The summed E-state index contributed by atoms with van der Waals surface area (Å²) >= 11 is 0. The van der Waals surface area contributed by atoms with Gasteiger partial charge in [-0.25, -0.2) is 9.48 Å². The molecule has 0 unspecified atom stereocenters. The minimum Gasteiger partial charge on any atom is -0.480 e. The van der Waals surface area contributed by atoms with Gasteiger partial charge < -0.3 is 15.2 Å². The fourth-order valence-corrected chi connectivity index (χ4v) is 1.48. The van der Waals surface area contributed by atoms with E-state index in [9.17, 15) is 19.2 Å². The number of hydrogen-bond acceptors (Lipinski definition) is 6. The van der Waals surface area contributed by atoms with E-state index in [1.807, 2.05) is 0 Å². The molecule has 21 heavy (non-hydrogen) atoms. The van der Waals surface area contributed by atoms with Crippen LogP contribution in [0.5, 0.6) is 0 Å². The van der Waals surface area contributed by atoms with Crippen molar-refractivity contribution in [1.29, 1.82) is 0 Å². The molecule has 1 rings (SSSR count). The summed E-state index contributed by atoms with van der Waals surface area (Å²) in [7, 11) is 2.55. The van der Waals surface area contributed by atoms with Gasteiger partial charge in [-0.1, -0.05) is 0 Å². The fourth-order valence-electron chi connectivity index (χ4n) is 1.48. The van der Waals surface area contributed by atoms with E-state index in [4.69, 9.17) is 5.11 Å². The quantitative estimate of drug-likeness (QED) is 0.639. The molecule has 2 N–H and O–H groups in total. The van der Waals surface area contributed by atoms with Crippen molar-refractivity contribution in [1.82, 2.24) is 15.1 Å². The molecule has 0 spiro atoms. The van der Waals surface area contributed by atoms with Gasteiger partial charge in [-0.05, 0) is 12.5 Å². The lowest BCUT2D eigenvalue weighted by Crippen LogP contribution is -2.42. The maximum atomic E-state index is 11.9. The molecule has 1 heterocycles. The van der Waals surface area contributed by atoms with Crippen LogP contribution in [0.25, 0.3) is 0 Å². The molecule has 114 valence electrons. The number of nitrogens with zero attached hydrogens (tertiary/aromatic N) is 2. The Bertz CT molecular complexity index is 609. The van der Waals surface area contributed by atoms with Crippen molar-refractivity contribution in [3.63, 3.8) is 0 Å². The number of amides is 1. The van der Waals surface area contributed by atoms with Crippen LogP contribution < -0.4 is 10.9 Å². The van der Waals surface area contributed by atoms with Gasteiger partial charge in [0.15, 0.2) is 0 Å². The predicted molar refractivity (Wildman–Crippen MR) is 69.6 cm³/mol. The van der Waals surface area contributed by atoms with E-state index in [-0.39, 0.29) is 18.5 Å². The van der Waals surface area contributed by atoms with Crippen LogP contribution in [0.2, 0.25) is 0 Å². The van der Waals surface area contributed by atoms with E-state index in [1.54, 1.807) is 0 Å². The summed E-state index contributed by atoms with van der Waals surface area (Å²) in [5, 5.41) is 14.9. The Kier molecular flexibility index (Phi) is 5.58. The highest BCUT2D eigenvalue weighted by Gasteiger charge is 2.22. The average molecular weight is 297 g/mol. The van der Waals surface area contributed by atoms with Gasteiger partial charge in [0.05, 0.1) is 7.11 Å². The van der Waals surface area contributed by atoms with Crippen molar-refractivity contribution in [3.8, 4) is 0 Å². The number of ether oxygens (including phenoxy) is 1. The average Bonchev–Trinajstić information content (AvgIpc) is 2.45. The summed E-state index contributed by atoms with van der Waals surface area (Å²) < 4.78 is 5.36.